The SMILES string of the molecule is C/C=C/CCCCC([O-])=NCN(CC(C)O)C(C)C(=O)O.[Na+]. The van der Waals surface area contributed by atoms with E-state index in [1.165, 1.54) is 11.8 Å². The molecule has 0 saturated carbocycles. The molecule has 2 atom stereocenters. The number of rotatable bonds is 11. The van der Waals surface area contributed by atoms with E-state index in [0.717, 1.165) is 19.3 Å². The number of nitrogens with zero attached hydrogens (tertiary/aromatic N) is 2. The number of aliphatic hydroxyl groups excluding tert-OH is 1. The predicted molar refractivity (Wildman–Crippen MR) is 81.1 cm³/mol. The molecule has 0 spiro atoms. The molecule has 0 rings (SSSR count). The minimum atomic E-state index is -0.996. The average Bonchev–Trinajstić information content (AvgIpc) is 2.41. The number of unbranched alkanes of at least 4 members (excludes halogenated alkanes) is 2. The van der Waals surface area contributed by atoms with Crippen LogP contribution >= 0.6 is 0 Å². The van der Waals surface area contributed by atoms with Crippen LogP contribution in [0.3, 0.4) is 0 Å². The minimum Gasteiger partial charge on any atom is -0.862 e. The molecule has 0 aliphatic carbocycles. The Morgan fingerprint density at radius 3 is 2.50 bits per heavy atom. The molecule has 0 radical (unpaired) electrons. The third kappa shape index (κ3) is 12.2. The van der Waals surface area contributed by atoms with Crippen molar-refractivity contribution in [1.29, 1.82) is 0 Å². The standard InChI is InChI=1S/C15H28N2O4.Na/c1-4-5-6-7-8-9-14(19)16-11-17(10-12(2)18)13(3)15(20)21;/h4-5,12-13,18H,6-11H2,1-3H3,(H,16,19)(H,20,21);/q;+1/p-1/b5-4+;. The van der Waals surface area contributed by atoms with Gasteiger partial charge in [-0.25, -0.2) is 0 Å². The summed E-state index contributed by atoms with van der Waals surface area (Å²) in [6.07, 6.45) is 6.41. The second-order valence-corrected chi connectivity index (χ2v) is 5.14. The van der Waals surface area contributed by atoms with Gasteiger partial charge in [0.1, 0.15) is 6.04 Å². The summed E-state index contributed by atoms with van der Waals surface area (Å²) >= 11 is 0. The molecule has 0 aliphatic rings. The quantitative estimate of drug-likeness (QED) is 0.151. The molecule has 0 fully saturated rings. The van der Waals surface area contributed by atoms with E-state index >= 15 is 0 Å². The summed E-state index contributed by atoms with van der Waals surface area (Å²) < 4.78 is 0. The van der Waals surface area contributed by atoms with Crippen molar-refractivity contribution in [2.75, 3.05) is 13.2 Å². The molecule has 0 aliphatic heterocycles. The van der Waals surface area contributed by atoms with Crippen LogP contribution in [0.5, 0.6) is 0 Å². The minimum absolute atomic E-state index is 0. The van der Waals surface area contributed by atoms with E-state index in [1.807, 2.05) is 13.0 Å². The van der Waals surface area contributed by atoms with Gasteiger partial charge in [0.2, 0.25) is 0 Å². The second kappa shape index (κ2) is 14.2. The zero-order valence-corrected chi connectivity index (χ0v) is 16.2. The van der Waals surface area contributed by atoms with Gasteiger partial charge in [-0.2, -0.15) is 0 Å². The van der Waals surface area contributed by atoms with Crippen LogP contribution in [0, 0.1) is 0 Å². The Morgan fingerprint density at radius 2 is 2.00 bits per heavy atom. The maximum absolute atomic E-state index is 11.6. The van der Waals surface area contributed by atoms with E-state index in [4.69, 9.17) is 5.11 Å². The number of aliphatic imine (C=N–C) groups is 1. The first kappa shape index (κ1) is 23.9. The first-order valence-corrected chi connectivity index (χ1v) is 7.34. The molecule has 2 N–H and O–H groups in total. The first-order chi connectivity index (χ1) is 9.88. The topological polar surface area (TPSA) is 96.2 Å². The van der Waals surface area contributed by atoms with Crippen LogP contribution in [0.1, 0.15) is 46.5 Å². The zero-order valence-electron chi connectivity index (χ0n) is 14.2. The fraction of sp³-hybridized carbons (Fsp3) is 0.733. The van der Waals surface area contributed by atoms with Gasteiger partial charge in [0, 0.05) is 6.54 Å². The molecule has 0 heterocycles. The van der Waals surface area contributed by atoms with Crippen molar-refractivity contribution in [2.24, 2.45) is 4.99 Å². The van der Waals surface area contributed by atoms with Crippen LogP contribution in [0.25, 0.3) is 0 Å². The molecule has 0 aromatic heterocycles. The molecule has 6 nitrogen and oxygen atoms in total. The van der Waals surface area contributed by atoms with Gasteiger partial charge in [-0.1, -0.05) is 12.2 Å². The maximum atomic E-state index is 11.6. The van der Waals surface area contributed by atoms with E-state index in [-0.39, 0.29) is 48.7 Å². The van der Waals surface area contributed by atoms with E-state index in [0.29, 0.717) is 6.42 Å². The van der Waals surface area contributed by atoms with Gasteiger partial charge in [0.05, 0.1) is 12.8 Å². The van der Waals surface area contributed by atoms with Crippen LogP contribution in [0.4, 0.5) is 0 Å². The third-order valence-corrected chi connectivity index (χ3v) is 3.08. The number of hydrogen-bond acceptors (Lipinski definition) is 5. The Balaban J connectivity index is 0. The van der Waals surface area contributed by atoms with Crippen molar-refractivity contribution in [3.8, 4) is 0 Å². The summed E-state index contributed by atoms with van der Waals surface area (Å²) in [5.74, 6) is -1.21. The largest absolute Gasteiger partial charge is 1.00 e. The Labute approximate surface area is 155 Å². The maximum Gasteiger partial charge on any atom is 1.00 e. The summed E-state index contributed by atoms with van der Waals surface area (Å²) in [7, 11) is 0. The van der Waals surface area contributed by atoms with Crippen molar-refractivity contribution in [3.63, 3.8) is 0 Å². The normalized spacial score (nSPS) is 14.9. The number of allylic oxidation sites excluding steroid dienone is 2. The van der Waals surface area contributed by atoms with Crippen LogP contribution in [-0.2, 0) is 4.79 Å². The van der Waals surface area contributed by atoms with E-state index in [9.17, 15) is 15.0 Å². The van der Waals surface area contributed by atoms with Gasteiger partial charge >= 0.3 is 35.5 Å². The summed E-state index contributed by atoms with van der Waals surface area (Å²) in [5, 5.41) is 30.0. The van der Waals surface area contributed by atoms with E-state index in [1.54, 1.807) is 6.92 Å². The molecule has 0 bridgehead atoms. The Hall–Kier alpha value is -0.400. The van der Waals surface area contributed by atoms with Gasteiger partial charge in [0.25, 0.3) is 0 Å². The summed E-state index contributed by atoms with van der Waals surface area (Å²) in [6, 6.07) is -0.786. The van der Waals surface area contributed by atoms with Crippen molar-refractivity contribution in [2.45, 2.75) is 58.6 Å². The number of carbonyl (C=O) groups is 1. The van der Waals surface area contributed by atoms with Crippen LogP contribution in [0.15, 0.2) is 17.1 Å². The number of carboxylic acids is 1. The van der Waals surface area contributed by atoms with Gasteiger partial charge in [0.15, 0.2) is 0 Å². The van der Waals surface area contributed by atoms with Gasteiger partial charge in [-0.05, 0) is 52.4 Å². The zero-order chi connectivity index (χ0) is 16.3. The smallest absolute Gasteiger partial charge is 0.862 e. The monoisotopic (exact) mass is 322 g/mol. The Morgan fingerprint density at radius 1 is 1.36 bits per heavy atom. The summed E-state index contributed by atoms with van der Waals surface area (Å²) in [5.41, 5.74) is 0. The molecule has 0 saturated heterocycles. The Kier molecular flexibility index (Phi) is 15.4. The van der Waals surface area contributed by atoms with Crippen LogP contribution < -0.4 is 34.7 Å². The number of aliphatic carboxylic acids is 1. The van der Waals surface area contributed by atoms with Crippen molar-refractivity contribution >= 4 is 11.9 Å². The fourth-order valence-electron chi connectivity index (χ4n) is 1.79. The van der Waals surface area contributed by atoms with E-state index < -0.39 is 18.1 Å². The molecule has 0 aromatic rings. The number of aliphatic hydroxyl groups is 1. The van der Waals surface area contributed by atoms with Crippen LogP contribution in [0.2, 0.25) is 0 Å². The van der Waals surface area contributed by atoms with Crippen molar-refractivity contribution in [3.05, 3.63) is 12.2 Å². The number of carboxylic acid groups (broad SMARTS) is 1. The van der Waals surface area contributed by atoms with Crippen LogP contribution in [-0.4, -0.2) is 52.3 Å². The average molecular weight is 322 g/mol. The van der Waals surface area contributed by atoms with Crippen molar-refractivity contribution in [1.82, 2.24) is 4.90 Å². The summed E-state index contributed by atoms with van der Waals surface area (Å²) in [4.78, 5) is 16.4. The number of hydrogen-bond donors (Lipinski definition) is 2. The predicted octanol–water partition coefficient (Wildman–Crippen LogP) is -2.00. The molecule has 22 heavy (non-hydrogen) atoms. The van der Waals surface area contributed by atoms with E-state index in [2.05, 4.69) is 11.1 Å². The molecular formula is C15H27N2NaO4. The second-order valence-electron chi connectivity index (χ2n) is 5.14. The fourth-order valence-corrected chi connectivity index (χ4v) is 1.79. The Bertz CT molecular complexity index is 359. The first-order valence-electron chi connectivity index (χ1n) is 7.34. The summed E-state index contributed by atoms with van der Waals surface area (Å²) in [6.45, 7) is 5.23. The molecule has 122 valence electrons. The molecule has 7 heteroatoms. The van der Waals surface area contributed by atoms with Gasteiger partial charge in [-0.3, -0.25) is 14.7 Å². The molecule has 0 aromatic carbocycles. The van der Waals surface area contributed by atoms with Gasteiger partial charge < -0.3 is 15.3 Å². The molecule has 2 unspecified atom stereocenters. The van der Waals surface area contributed by atoms with Gasteiger partial charge in [-0.15, -0.1) is 0 Å². The molecule has 0 amide bonds. The van der Waals surface area contributed by atoms with Crippen molar-refractivity contribution < 1.29 is 49.7 Å². The third-order valence-electron chi connectivity index (χ3n) is 3.08. The molecular weight excluding hydrogens is 295 g/mol.